The number of hydrogen-bond donors (Lipinski definition) is 2. The Bertz CT molecular complexity index is 447. The number of rotatable bonds is 4. The van der Waals surface area contributed by atoms with Crippen LogP contribution in [0.5, 0.6) is 0 Å². The normalized spacial score (nSPS) is 19.4. The van der Waals surface area contributed by atoms with Crippen LogP contribution in [0.25, 0.3) is 0 Å². The highest BCUT2D eigenvalue weighted by atomic mass is 16.1. The lowest BCUT2D eigenvalue weighted by Gasteiger charge is -2.23. The molecule has 1 aliphatic rings. The molecule has 1 aromatic heterocycles. The lowest BCUT2D eigenvalue weighted by Crippen LogP contribution is -2.45. The summed E-state index contributed by atoms with van der Waals surface area (Å²) in [6.07, 6.45) is 3.20. The van der Waals surface area contributed by atoms with E-state index in [2.05, 4.69) is 22.7 Å². The third kappa shape index (κ3) is 3.15. The predicted molar refractivity (Wildman–Crippen MR) is 75.3 cm³/mol. The molecule has 0 aliphatic carbocycles. The van der Waals surface area contributed by atoms with Crippen LogP contribution in [0.1, 0.15) is 47.9 Å². The van der Waals surface area contributed by atoms with Crippen molar-refractivity contribution in [2.75, 3.05) is 13.1 Å². The Morgan fingerprint density at radius 1 is 1.53 bits per heavy atom. The molecule has 1 saturated heterocycles. The van der Waals surface area contributed by atoms with E-state index in [9.17, 15) is 4.79 Å². The molecule has 0 spiro atoms. The third-order valence-electron chi connectivity index (χ3n) is 3.68. The fourth-order valence-corrected chi connectivity index (χ4v) is 2.69. The van der Waals surface area contributed by atoms with E-state index in [1.807, 2.05) is 18.5 Å². The molecule has 19 heavy (non-hydrogen) atoms. The summed E-state index contributed by atoms with van der Waals surface area (Å²) in [5.74, 6) is 0.0195. The maximum Gasteiger partial charge on any atom is 0.255 e. The van der Waals surface area contributed by atoms with E-state index in [1.165, 1.54) is 0 Å². The lowest BCUT2D eigenvalue weighted by atomic mass is 10.1. The number of carbonyl (C=O) groups excluding carboxylic acids is 1. The second-order valence-electron chi connectivity index (χ2n) is 5.29. The van der Waals surface area contributed by atoms with Crippen molar-refractivity contribution >= 4 is 5.91 Å². The van der Waals surface area contributed by atoms with Gasteiger partial charge in [0.25, 0.3) is 5.91 Å². The van der Waals surface area contributed by atoms with Crippen LogP contribution in [-0.4, -0.2) is 34.8 Å². The molecule has 0 bridgehead atoms. The zero-order valence-electron chi connectivity index (χ0n) is 12.1. The summed E-state index contributed by atoms with van der Waals surface area (Å²) in [6, 6.07) is 0.245. The van der Waals surface area contributed by atoms with Crippen LogP contribution >= 0.6 is 0 Å². The molecule has 0 unspecified atom stereocenters. The van der Waals surface area contributed by atoms with E-state index in [0.717, 1.165) is 55.8 Å². The molecule has 1 amide bonds. The first-order chi connectivity index (χ1) is 9.13. The molecule has 1 atom stereocenters. The standard InChI is InChI=1S/C14H24N4O/c1-4-8-18-11(3)13(10(2)17-18)14(19)16-12-6-5-7-15-9-12/h12,15H,4-9H2,1-3H3,(H,16,19)/t12-/m0/s1. The Hall–Kier alpha value is -1.36. The van der Waals surface area contributed by atoms with Crippen LogP contribution in [-0.2, 0) is 6.54 Å². The van der Waals surface area contributed by atoms with Gasteiger partial charge in [-0.25, -0.2) is 0 Å². The number of aromatic nitrogens is 2. The van der Waals surface area contributed by atoms with Gasteiger partial charge in [-0.05, 0) is 39.7 Å². The average molecular weight is 264 g/mol. The van der Waals surface area contributed by atoms with Crippen LogP contribution in [0.3, 0.4) is 0 Å². The molecular weight excluding hydrogens is 240 g/mol. The van der Waals surface area contributed by atoms with Crippen LogP contribution < -0.4 is 10.6 Å². The van der Waals surface area contributed by atoms with Crippen LogP contribution in [0, 0.1) is 13.8 Å². The second-order valence-corrected chi connectivity index (χ2v) is 5.29. The van der Waals surface area contributed by atoms with Crippen molar-refractivity contribution in [2.45, 2.75) is 52.6 Å². The molecule has 2 heterocycles. The molecule has 5 nitrogen and oxygen atoms in total. The van der Waals surface area contributed by atoms with Gasteiger partial charge in [0, 0.05) is 24.8 Å². The van der Waals surface area contributed by atoms with Crippen molar-refractivity contribution < 1.29 is 4.79 Å². The van der Waals surface area contributed by atoms with Gasteiger partial charge >= 0.3 is 0 Å². The van der Waals surface area contributed by atoms with Gasteiger partial charge in [-0.1, -0.05) is 6.92 Å². The smallest absolute Gasteiger partial charge is 0.255 e. The number of piperidine rings is 1. The highest BCUT2D eigenvalue weighted by Gasteiger charge is 2.21. The van der Waals surface area contributed by atoms with Gasteiger partial charge < -0.3 is 10.6 Å². The molecule has 106 valence electrons. The first kappa shape index (κ1) is 14.1. The SMILES string of the molecule is CCCn1nc(C)c(C(=O)N[C@H]2CCCNC2)c1C. The average Bonchev–Trinajstić information content (AvgIpc) is 2.66. The van der Waals surface area contributed by atoms with E-state index in [-0.39, 0.29) is 11.9 Å². The van der Waals surface area contributed by atoms with Crippen molar-refractivity contribution in [1.82, 2.24) is 20.4 Å². The molecule has 1 aromatic rings. The Morgan fingerprint density at radius 2 is 2.32 bits per heavy atom. The maximum absolute atomic E-state index is 12.4. The summed E-state index contributed by atoms with van der Waals surface area (Å²) in [4.78, 5) is 12.4. The Morgan fingerprint density at radius 3 is 2.95 bits per heavy atom. The molecule has 5 heteroatoms. The van der Waals surface area contributed by atoms with Gasteiger partial charge in [-0.2, -0.15) is 5.10 Å². The fourth-order valence-electron chi connectivity index (χ4n) is 2.69. The van der Waals surface area contributed by atoms with Gasteiger partial charge in [0.15, 0.2) is 0 Å². The lowest BCUT2D eigenvalue weighted by molar-refractivity contribution is 0.0929. The van der Waals surface area contributed by atoms with Crippen molar-refractivity contribution in [2.24, 2.45) is 0 Å². The maximum atomic E-state index is 12.4. The number of nitrogens with one attached hydrogen (secondary N) is 2. The molecule has 1 fully saturated rings. The Balaban J connectivity index is 2.09. The van der Waals surface area contributed by atoms with Crippen molar-refractivity contribution in [3.63, 3.8) is 0 Å². The fraction of sp³-hybridized carbons (Fsp3) is 0.714. The third-order valence-corrected chi connectivity index (χ3v) is 3.68. The van der Waals surface area contributed by atoms with Crippen molar-refractivity contribution in [3.8, 4) is 0 Å². The summed E-state index contributed by atoms with van der Waals surface area (Å²) in [6.45, 7) is 8.79. The summed E-state index contributed by atoms with van der Waals surface area (Å²) in [7, 11) is 0. The van der Waals surface area contributed by atoms with Crippen molar-refractivity contribution in [1.29, 1.82) is 0 Å². The van der Waals surface area contributed by atoms with Gasteiger partial charge in [0.05, 0.1) is 11.3 Å². The molecule has 1 aliphatic heterocycles. The molecule has 2 rings (SSSR count). The first-order valence-corrected chi connectivity index (χ1v) is 7.19. The van der Waals surface area contributed by atoms with Crippen LogP contribution in [0.15, 0.2) is 0 Å². The van der Waals surface area contributed by atoms with Gasteiger partial charge in [0.2, 0.25) is 0 Å². The van der Waals surface area contributed by atoms with E-state index in [4.69, 9.17) is 0 Å². The summed E-state index contributed by atoms with van der Waals surface area (Å²) in [5, 5.41) is 10.9. The largest absolute Gasteiger partial charge is 0.348 e. The first-order valence-electron chi connectivity index (χ1n) is 7.19. The molecule has 2 N–H and O–H groups in total. The molecule has 0 saturated carbocycles. The summed E-state index contributed by atoms with van der Waals surface area (Å²) < 4.78 is 1.93. The van der Waals surface area contributed by atoms with Crippen LogP contribution in [0.4, 0.5) is 0 Å². The van der Waals surface area contributed by atoms with Crippen molar-refractivity contribution in [3.05, 3.63) is 17.0 Å². The number of aryl methyl sites for hydroxylation is 2. The van der Waals surface area contributed by atoms with Gasteiger partial charge in [-0.3, -0.25) is 9.48 Å². The van der Waals surface area contributed by atoms with E-state index in [1.54, 1.807) is 0 Å². The quantitative estimate of drug-likeness (QED) is 0.864. The molecule has 0 aromatic carbocycles. The monoisotopic (exact) mass is 264 g/mol. The topological polar surface area (TPSA) is 59.0 Å². The zero-order valence-corrected chi connectivity index (χ0v) is 12.1. The summed E-state index contributed by atoms with van der Waals surface area (Å²) >= 11 is 0. The highest BCUT2D eigenvalue weighted by molar-refractivity contribution is 5.96. The highest BCUT2D eigenvalue weighted by Crippen LogP contribution is 2.14. The minimum absolute atomic E-state index is 0.0195. The summed E-state index contributed by atoms with van der Waals surface area (Å²) in [5.41, 5.74) is 2.55. The molecule has 0 radical (unpaired) electrons. The van der Waals surface area contributed by atoms with Crippen LogP contribution in [0.2, 0.25) is 0 Å². The number of nitrogens with zero attached hydrogens (tertiary/aromatic N) is 2. The Kier molecular flexibility index (Phi) is 4.58. The van der Waals surface area contributed by atoms with E-state index >= 15 is 0 Å². The minimum Gasteiger partial charge on any atom is -0.348 e. The second kappa shape index (κ2) is 6.19. The minimum atomic E-state index is 0.0195. The zero-order chi connectivity index (χ0) is 13.8. The number of amides is 1. The Labute approximate surface area is 114 Å². The van der Waals surface area contributed by atoms with E-state index in [0.29, 0.717) is 0 Å². The number of carbonyl (C=O) groups is 1. The molecular formula is C14H24N4O. The predicted octanol–water partition coefficient (Wildman–Crippen LogP) is 1.39. The number of hydrogen-bond acceptors (Lipinski definition) is 3. The van der Waals surface area contributed by atoms with Gasteiger partial charge in [0.1, 0.15) is 0 Å². The van der Waals surface area contributed by atoms with Gasteiger partial charge in [-0.15, -0.1) is 0 Å². The van der Waals surface area contributed by atoms with E-state index < -0.39 is 0 Å².